The van der Waals surface area contributed by atoms with Crippen molar-refractivity contribution in [1.82, 2.24) is 4.98 Å². The Bertz CT molecular complexity index is 1530. The number of carbonyl (C=O) groups excluding carboxylic acids is 2. The van der Waals surface area contributed by atoms with E-state index in [4.69, 9.17) is 4.74 Å². The van der Waals surface area contributed by atoms with Crippen molar-refractivity contribution in [3.05, 3.63) is 66.1 Å². The molecule has 10 nitrogen and oxygen atoms in total. The van der Waals surface area contributed by atoms with E-state index in [2.05, 4.69) is 20.9 Å². The highest BCUT2D eigenvalue weighted by Crippen LogP contribution is 2.34. The summed E-state index contributed by atoms with van der Waals surface area (Å²) in [5.74, 6) is -0.841. The van der Waals surface area contributed by atoms with Crippen LogP contribution in [0.3, 0.4) is 0 Å². The number of ether oxygens (including phenoxy) is 1. The van der Waals surface area contributed by atoms with E-state index in [1.54, 1.807) is 0 Å². The van der Waals surface area contributed by atoms with E-state index in [1.165, 1.54) is 30.5 Å². The molecule has 1 aliphatic rings. The summed E-state index contributed by atoms with van der Waals surface area (Å²) in [6.45, 7) is 0. The molecule has 39 heavy (non-hydrogen) atoms. The van der Waals surface area contributed by atoms with Crippen LogP contribution >= 0.6 is 0 Å². The number of hydrogen-bond acceptors (Lipinski definition) is 6. The second-order valence-corrected chi connectivity index (χ2v) is 10.4. The van der Waals surface area contributed by atoms with Gasteiger partial charge in [0.15, 0.2) is 11.6 Å². The Kier molecular flexibility index (Phi) is 7.63. The number of nitrogens with one attached hydrogen (secondary N) is 4. The predicted octanol–water partition coefficient (Wildman–Crippen LogP) is 5.40. The number of pyridine rings is 1. The second kappa shape index (κ2) is 10.8. The van der Waals surface area contributed by atoms with Crippen LogP contribution in [-0.4, -0.2) is 31.6 Å². The Morgan fingerprint density at radius 3 is 2.28 bits per heavy atom. The van der Waals surface area contributed by atoms with Gasteiger partial charge in [-0.3, -0.25) is 9.52 Å². The fourth-order valence-electron chi connectivity index (χ4n) is 3.34. The van der Waals surface area contributed by atoms with Gasteiger partial charge >= 0.3 is 12.2 Å². The predicted molar refractivity (Wildman–Crippen MR) is 135 cm³/mol. The number of alkyl halides is 3. The van der Waals surface area contributed by atoms with E-state index in [9.17, 15) is 35.6 Å². The van der Waals surface area contributed by atoms with Crippen molar-refractivity contribution in [3.63, 3.8) is 0 Å². The molecule has 3 amide bonds. The highest BCUT2D eigenvalue weighted by molar-refractivity contribution is 7.92. The van der Waals surface area contributed by atoms with Crippen molar-refractivity contribution in [2.75, 3.05) is 26.9 Å². The minimum Gasteiger partial charge on any atom is -0.454 e. The topological polar surface area (TPSA) is 139 Å². The van der Waals surface area contributed by atoms with Crippen LogP contribution < -0.4 is 25.4 Å². The van der Waals surface area contributed by atoms with Gasteiger partial charge in [-0.1, -0.05) is 0 Å². The first-order valence-electron chi connectivity index (χ1n) is 11.3. The van der Waals surface area contributed by atoms with Gasteiger partial charge in [-0.25, -0.2) is 22.6 Å². The van der Waals surface area contributed by atoms with E-state index in [0.717, 1.165) is 31.2 Å². The zero-order valence-corrected chi connectivity index (χ0v) is 20.9. The van der Waals surface area contributed by atoms with Crippen LogP contribution in [0, 0.1) is 11.7 Å². The number of urea groups is 1. The molecule has 15 heteroatoms. The van der Waals surface area contributed by atoms with Crippen molar-refractivity contribution in [2.24, 2.45) is 5.92 Å². The van der Waals surface area contributed by atoms with Gasteiger partial charge in [-0.05, 0) is 49.2 Å². The fraction of sp³-hybridized carbons (Fsp3) is 0.208. The minimum absolute atomic E-state index is 0.0363. The number of halogens is 4. The molecule has 1 aliphatic carbocycles. The maximum Gasteiger partial charge on any atom is 0.416 e. The summed E-state index contributed by atoms with van der Waals surface area (Å²) < 4.78 is 84.7. The van der Waals surface area contributed by atoms with Gasteiger partial charge in [0.1, 0.15) is 11.6 Å². The van der Waals surface area contributed by atoms with Crippen LogP contribution in [-0.2, 0) is 21.0 Å². The van der Waals surface area contributed by atoms with Crippen LogP contribution in [0.5, 0.6) is 11.5 Å². The van der Waals surface area contributed by atoms with Crippen LogP contribution in [0.15, 0.2) is 54.7 Å². The third-order valence-electron chi connectivity index (χ3n) is 5.17. The summed E-state index contributed by atoms with van der Waals surface area (Å²) >= 11 is 0. The Hall–Kier alpha value is -4.40. The smallest absolute Gasteiger partial charge is 0.416 e. The molecule has 0 saturated heterocycles. The van der Waals surface area contributed by atoms with Crippen molar-refractivity contribution < 1.29 is 40.3 Å². The Labute approximate surface area is 219 Å². The average Bonchev–Trinajstić information content (AvgIpc) is 3.65. The number of sulfonamides is 1. The standard InChI is InChI=1S/C24H21F4N5O5S/c1-39(36,37)33-17-9-14(24(26,27)28)8-16(10-17)31-23(35)30-15-4-5-20(19(25)11-15)38-18-6-7-29-21(12-18)32-22(34)13-2-3-13/h4-13,33H,2-3H2,1H3,(H,29,32,34)(H2,30,31,35). The summed E-state index contributed by atoms with van der Waals surface area (Å²) in [6.07, 6.45) is -1.06. The fourth-order valence-corrected chi connectivity index (χ4v) is 3.88. The van der Waals surface area contributed by atoms with Gasteiger partial charge in [-0.15, -0.1) is 0 Å². The first-order valence-corrected chi connectivity index (χ1v) is 13.2. The molecule has 4 rings (SSSR count). The van der Waals surface area contributed by atoms with Gasteiger partial charge < -0.3 is 20.7 Å². The summed E-state index contributed by atoms with van der Waals surface area (Å²) in [4.78, 5) is 28.3. The van der Waals surface area contributed by atoms with Gasteiger partial charge in [0, 0.05) is 35.6 Å². The molecule has 0 unspecified atom stereocenters. The number of hydrogen-bond donors (Lipinski definition) is 4. The molecule has 1 heterocycles. The zero-order chi connectivity index (χ0) is 28.4. The number of benzene rings is 2. The van der Waals surface area contributed by atoms with Crippen molar-refractivity contribution in [3.8, 4) is 11.5 Å². The number of rotatable bonds is 8. The van der Waals surface area contributed by atoms with Crippen LogP contribution in [0.25, 0.3) is 0 Å². The second-order valence-electron chi connectivity index (χ2n) is 8.64. The third-order valence-corrected chi connectivity index (χ3v) is 5.78. The monoisotopic (exact) mass is 567 g/mol. The van der Waals surface area contributed by atoms with Gasteiger partial charge in [0.25, 0.3) is 0 Å². The number of nitrogens with zero attached hydrogens (tertiary/aromatic N) is 1. The van der Waals surface area contributed by atoms with Gasteiger partial charge in [-0.2, -0.15) is 13.2 Å². The molecule has 1 fully saturated rings. The highest BCUT2D eigenvalue weighted by atomic mass is 32.2. The van der Waals surface area contributed by atoms with E-state index in [0.29, 0.717) is 12.1 Å². The molecule has 2 aromatic carbocycles. The Balaban J connectivity index is 1.43. The van der Waals surface area contributed by atoms with Crippen LogP contribution in [0.2, 0.25) is 0 Å². The summed E-state index contributed by atoms with van der Waals surface area (Å²) in [7, 11) is -3.89. The number of carbonyl (C=O) groups is 2. The lowest BCUT2D eigenvalue weighted by Gasteiger charge is -2.14. The molecule has 0 atom stereocenters. The lowest BCUT2D eigenvalue weighted by Crippen LogP contribution is -2.20. The van der Waals surface area contributed by atoms with Crippen LogP contribution in [0.4, 0.5) is 45.2 Å². The first kappa shape index (κ1) is 27.6. The van der Waals surface area contributed by atoms with Crippen LogP contribution in [0.1, 0.15) is 18.4 Å². The SMILES string of the molecule is CS(=O)(=O)Nc1cc(NC(=O)Nc2ccc(Oc3ccnc(NC(=O)C4CC4)c3)c(F)c2)cc(C(F)(F)F)c1. The van der Waals surface area contributed by atoms with Crippen molar-refractivity contribution in [1.29, 1.82) is 0 Å². The van der Waals surface area contributed by atoms with Crippen molar-refractivity contribution >= 4 is 44.8 Å². The lowest BCUT2D eigenvalue weighted by atomic mass is 10.1. The highest BCUT2D eigenvalue weighted by Gasteiger charge is 2.32. The average molecular weight is 568 g/mol. The number of amides is 3. The van der Waals surface area contributed by atoms with E-state index in [-0.39, 0.29) is 40.5 Å². The molecule has 0 aliphatic heterocycles. The maximum atomic E-state index is 14.7. The maximum absolute atomic E-state index is 14.7. The molecule has 0 radical (unpaired) electrons. The molecular formula is C24H21F4N5O5S. The van der Waals surface area contributed by atoms with E-state index < -0.39 is 39.3 Å². The molecular weight excluding hydrogens is 546 g/mol. The zero-order valence-electron chi connectivity index (χ0n) is 20.1. The lowest BCUT2D eigenvalue weighted by molar-refractivity contribution is -0.137. The largest absolute Gasteiger partial charge is 0.454 e. The number of anilines is 4. The molecule has 206 valence electrons. The molecule has 0 spiro atoms. The molecule has 0 bridgehead atoms. The van der Waals surface area contributed by atoms with E-state index >= 15 is 0 Å². The van der Waals surface area contributed by atoms with Gasteiger partial charge in [0.2, 0.25) is 15.9 Å². The minimum atomic E-state index is -4.82. The molecule has 4 N–H and O–H groups in total. The molecule has 1 saturated carbocycles. The Morgan fingerprint density at radius 2 is 1.64 bits per heavy atom. The quantitative estimate of drug-likeness (QED) is 0.269. The van der Waals surface area contributed by atoms with Gasteiger partial charge in [0.05, 0.1) is 17.5 Å². The summed E-state index contributed by atoms with van der Waals surface area (Å²) in [6, 6.07) is 7.46. The molecule has 1 aromatic heterocycles. The Morgan fingerprint density at radius 1 is 0.949 bits per heavy atom. The normalized spacial score (nSPS) is 13.4. The number of aromatic nitrogens is 1. The van der Waals surface area contributed by atoms with E-state index in [1.807, 2.05) is 4.72 Å². The summed E-state index contributed by atoms with van der Waals surface area (Å²) in [5.41, 5.74) is -2.03. The summed E-state index contributed by atoms with van der Waals surface area (Å²) in [5, 5.41) is 7.08. The van der Waals surface area contributed by atoms with Crippen molar-refractivity contribution in [2.45, 2.75) is 19.0 Å². The molecule has 3 aromatic rings. The third kappa shape index (κ3) is 8.04. The first-order chi connectivity index (χ1) is 18.2.